The Hall–Kier alpha value is -1.52. The molecule has 5 nitrogen and oxygen atoms in total. The molecule has 0 aliphatic heterocycles. The highest BCUT2D eigenvalue weighted by atomic mass is 16.5. The van der Waals surface area contributed by atoms with Crippen molar-refractivity contribution < 1.29 is 24.5 Å². The molecule has 2 N–H and O–H groups in total. The Morgan fingerprint density at radius 1 is 1.45 bits per heavy atom. The highest BCUT2D eigenvalue weighted by Crippen LogP contribution is 1.95. The molecule has 0 bridgehead atoms. The van der Waals surface area contributed by atoms with Crippen LogP contribution in [0.3, 0.4) is 0 Å². The number of hydrogen-bond donors (Lipinski definition) is 2. The Balaban J connectivity index is 3.92. The quantitative estimate of drug-likeness (QED) is 0.449. The van der Waals surface area contributed by atoms with E-state index >= 15 is 0 Å². The molecule has 11 heavy (non-hydrogen) atoms. The van der Waals surface area contributed by atoms with Crippen molar-refractivity contribution in [3.8, 4) is 0 Å². The third kappa shape index (κ3) is 3.96. The average Bonchev–Trinajstić information content (AvgIpc) is 1.87. The van der Waals surface area contributed by atoms with Gasteiger partial charge in [-0.2, -0.15) is 0 Å². The van der Waals surface area contributed by atoms with Crippen LogP contribution in [0.15, 0.2) is 11.8 Å². The van der Waals surface area contributed by atoms with E-state index in [2.05, 4.69) is 4.74 Å². The van der Waals surface area contributed by atoms with E-state index in [4.69, 9.17) is 10.2 Å². The van der Waals surface area contributed by atoms with Gasteiger partial charge < -0.3 is 14.9 Å². The van der Waals surface area contributed by atoms with Gasteiger partial charge in [0.2, 0.25) is 5.76 Å². The second-order valence-corrected chi connectivity index (χ2v) is 1.64. The highest BCUT2D eigenvalue weighted by Gasteiger charge is 2.08. The fourth-order valence-electron chi connectivity index (χ4n) is 0.408. The number of ether oxygens (including phenoxy) is 1. The summed E-state index contributed by atoms with van der Waals surface area (Å²) in [5.41, 5.74) is 0. The number of carboxylic acid groups (broad SMARTS) is 2. The molecule has 5 heteroatoms. The summed E-state index contributed by atoms with van der Waals surface area (Å²) in [5.74, 6) is -2.83. The summed E-state index contributed by atoms with van der Waals surface area (Å²) in [5, 5.41) is 16.4. The first-order valence-corrected chi connectivity index (χ1v) is 2.82. The van der Waals surface area contributed by atoms with Gasteiger partial charge in [-0.25, -0.2) is 9.59 Å². The Labute approximate surface area is 62.9 Å². The molecule has 0 aromatic heterocycles. The number of rotatable bonds is 4. The molecule has 0 aliphatic carbocycles. The van der Waals surface area contributed by atoms with Crippen molar-refractivity contribution in [2.45, 2.75) is 6.92 Å². The second-order valence-electron chi connectivity index (χ2n) is 1.64. The zero-order valence-electron chi connectivity index (χ0n) is 5.90. The predicted octanol–water partition coefficient (Wildman–Crippen LogP) is 0.0760. The largest absolute Gasteiger partial charge is 0.479 e. The molecule has 0 atom stereocenters. The van der Waals surface area contributed by atoms with Crippen molar-refractivity contribution >= 4 is 11.9 Å². The van der Waals surface area contributed by atoms with Crippen LogP contribution in [0.1, 0.15) is 6.92 Å². The average molecular weight is 160 g/mol. The van der Waals surface area contributed by atoms with E-state index in [1.54, 1.807) is 0 Å². The van der Waals surface area contributed by atoms with Crippen LogP contribution in [-0.4, -0.2) is 28.8 Å². The van der Waals surface area contributed by atoms with E-state index in [0.29, 0.717) is 0 Å². The van der Waals surface area contributed by atoms with Gasteiger partial charge in [0.15, 0.2) is 6.61 Å². The van der Waals surface area contributed by atoms with Crippen LogP contribution in [-0.2, 0) is 14.3 Å². The Bertz CT molecular complexity index is 193. The monoisotopic (exact) mass is 160 g/mol. The number of carboxylic acids is 2. The van der Waals surface area contributed by atoms with Gasteiger partial charge in [-0.05, 0) is 13.0 Å². The van der Waals surface area contributed by atoms with Gasteiger partial charge in [0, 0.05) is 0 Å². The van der Waals surface area contributed by atoms with Gasteiger partial charge in [-0.1, -0.05) is 0 Å². The van der Waals surface area contributed by atoms with E-state index in [9.17, 15) is 9.59 Å². The Morgan fingerprint density at radius 3 is 2.27 bits per heavy atom. The summed E-state index contributed by atoms with van der Waals surface area (Å²) >= 11 is 0. The van der Waals surface area contributed by atoms with Crippen molar-refractivity contribution in [3.63, 3.8) is 0 Å². The molecular weight excluding hydrogens is 152 g/mol. The summed E-state index contributed by atoms with van der Waals surface area (Å²) in [6, 6.07) is 0. The van der Waals surface area contributed by atoms with Crippen LogP contribution in [0.25, 0.3) is 0 Å². The minimum absolute atomic E-state index is 0.354. The zero-order valence-corrected chi connectivity index (χ0v) is 5.90. The fourth-order valence-corrected chi connectivity index (χ4v) is 0.408. The Morgan fingerprint density at radius 2 is 2.00 bits per heavy atom. The lowest BCUT2D eigenvalue weighted by molar-refractivity contribution is -0.143. The molecule has 0 saturated carbocycles. The van der Waals surface area contributed by atoms with Crippen LogP contribution < -0.4 is 0 Å². The highest BCUT2D eigenvalue weighted by molar-refractivity contribution is 5.84. The van der Waals surface area contributed by atoms with Gasteiger partial charge >= 0.3 is 11.9 Å². The molecule has 0 amide bonds. The molecule has 0 aromatic rings. The van der Waals surface area contributed by atoms with Crippen molar-refractivity contribution in [2.24, 2.45) is 0 Å². The number of carbonyl (C=O) groups is 2. The maximum atomic E-state index is 10.2. The first-order chi connectivity index (χ1) is 5.07. The normalized spacial score (nSPS) is 10.8. The van der Waals surface area contributed by atoms with E-state index < -0.39 is 18.5 Å². The van der Waals surface area contributed by atoms with Crippen LogP contribution >= 0.6 is 0 Å². The Kier molecular flexibility index (Phi) is 3.72. The molecule has 0 saturated heterocycles. The lowest BCUT2D eigenvalue weighted by Gasteiger charge is -2.00. The van der Waals surface area contributed by atoms with Gasteiger partial charge in [0.1, 0.15) is 0 Å². The summed E-state index contributed by atoms with van der Waals surface area (Å²) in [4.78, 5) is 20.1. The summed E-state index contributed by atoms with van der Waals surface area (Å²) < 4.78 is 4.38. The maximum absolute atomic E-state index is 10.2. The van der Waals surface area contributed by atoms with E-state index in [1.807, 2.05) is 0 Å². The third-order valence-corrected chi connectivity index (χ3v) is 0.824. The number of hydrogen-bond acceptors (Lipinski definition) is 3. The molecule has 0 unspecified atom stereocenters. The predicted molar refractivity (Wildman–Crippen MR) is 35.0 cm³/mol. The standard InChI is InChI=1S/C6H8O5/c1-2-4(6(9)10)11-3-5(7)8/h2H,3H2,1H3,(H,7,8)(H,9,10). The molecule has 0 fully saturated rings. The topological polar surface area (TPSA) is 83.8 Å². The van der Waals surface area contributed by atoms with Gasteiger partial charge in [-0.3, -0.25) is 0 Å². The molecule has 0 aromatic carbocycles. The second kappa shape index (κ2) is 4.32. The third-order valence-electron chi connectivity index (χ3n) is 0.824. The smallest absolute Gasteiger partial charge is 0.370 e. The van der Waals surface area contributed by atoms with Crippen LogP contribution in [0.5, 0.6) is 0 Å². The maximum Gasteiger partial charge on any atom is 0.370 e. The SMILES string of the molecule is CC=C(OCC(=O)O)C(=O)O. The van der Waals surface area contributed by atoms with Crippen LogP contribution in [0.4, 0.5) is 0 Å². The zero-order chi connectivity index (χ0) is 8.85. The first-order valence-electron chi connectivity index (χ1n) is 2.82. The summed E-state index contributed by atoms with van der Waals surface area (Å²) in [7, 11) is 0. The van der Waals surface area contributed by atoms with Gasteiger partial charge in [-0.15, -0.1) is 0 Å². The van der Waals surface area contributed by atoms with Crippen molar-refractivity contribution in [1.29, 1.82) is 0 Å². The van der Waals surface area contributed by atoms with Crippen LogP contribution in [0.2, 0.25) is 0 Å². The molecule has 0 aliphatic rings. The molecule has 0 rings (SSSR count). The number of aliphatic carboxylic acids is 2. The van der Waals surface area contributed by atoms with Gasteiger partial charge in [0.25, 0.3) is 0 Å². The van der Waals surface area contributed by atoms with Crippen molar-refractivity contribution in [3.05, 3.63) is 11.8 Å². The first kappa shape index (κ1) is 9.48. The lowest BCUT2D eigenvalue weighted by atomic mass is 10.5. The fraction of sp³-hybridized carbons (Fsp3) is 0.333. The van der Waals surface area contributed by atoms with Gasteiger partial charge in [0.05, 0.1) is 0 Å². The van der Waals surface area contributed by atoms with Crippen molar-refractivity contribution in [2.75, 3.05) is 6.61 Å². The minimum atomic E-state index is -1.27. The summed E-state index contributed by atoms with van der Waals surface area (Å²) in [6.45, 7) is 0.817. The minimum Gasteiger partial charge on any atom is -0.479 e. The molecular formula is C6H8O5. The molecule has 0 heterocycles. The van der Waals surface area contributed by atoms with Crippen LogP contribution in [0, 0.1) is 0 Å². The molecule has 62 valence electrons. The molecule has 0 radical (unpaired) electrons. The van der Waals surface area contributed by atoms with E-state index in [0.717, 1.165) is 0 Å². The number of allylic oxidation sites excluding steroid dienone is 1. The lowest BCUT2D eigenvalue weighted by Crippen LogP contribution is -2.11. The molecule has 0 spiro atoms. The summed E-state index contributed by atoms with van der Waals surface area (Å²) in [6.07, 6.45) is 1.19. The van der Waals surface area contributed by atoms with E-state index in [1.165, 1.54) is 13.0 Å². The van der Waals surface area contributed by atoms with Crippen molar-refractivity contribution in [1.82, 2.24) is 0 Å². The van der Waals surface area contributed by atoms with E-state index in [-0.39, 0.29) is 5.76 Å².